The highest BCUT2D eigenvalue weighted by Gasteiger charge is 2.31. The molecule has 0 spiro atoms. The van der Waals surface area contributed by atoms with Crippen LogP contribution >= 0.6 is 23.1 Å². The molecule has 5 heteroatoms. The second kappa shape index (κ2) is 5.61. The predicted molar refractivity (Wildman–Crippen MR) is 79.6 cm³/mol. The number of hydrogen-bond donors (Lipinski definition) is 1. The van der Waals surface area contributed by atoms with Gasteiger partial charge in [0, 0.05) is 30.1 Å². The predicted octanol–water partition coefficient (Wildman–Crippen LogP) is 2.86. The van der Waals surface area contributed by atoms with Crippen LogP contribution in [0.5, 0.6) is 0 Å². The lowest BCUT2D eigenvalue weighted by molar-refractivity contribution is 0.490. The molecule has 18 heavy (non-hydrogen) atoms. The first-order chi connectivity index (χ1) is 8.81. The van der Waals surface area contributed by atoms with Crippen molar-refractivity contribution in [2.75, 3.05) is 12.3 Å². The molecule has 1 aromatic rings. The third-order valence-corrected chi connectivity index (χ3v) is 5.63. The van der Waals surface area contributed by atoms with Crippen molar-refractivity contribution in [2.45, 2.75) is 38.6 Å². The summed E-state index contributed by atoms with van der Waals surface area (Å²) in [6.07, 6.45) is 5.07. The molecule has 0 bridgehead atoms. The molecule has 0 aromatic carbocycles. The molecular weight excluding hydrogens is 262 g/mol. The molecule has 3 nitrogen and oxygen atoms in total. The molecule has 1 saturated heterocycles. The number of aliphatic imine (C=N–C) groups is 1. The fraction of sp³-hybridized carbons (Fsp3) is 0.692. The number of aryl methyl sites for hydroxylation is 1. The van der Waals surface area contributed by atoms with Crippen LogP contribution in [0, 0.1) is 12.8 Å². The van der Waals surface area contributed by atoms with E-state index in [1.54, 1.807) is 11.3 Å². The van der Waals surface area contributed by atoms with Gasteiger partial charge in [0.1, 0.15) is 0 Å². The van der Waals surface area contributed by atoms with Crippen molar-refractivity contribution in [3.8, 4) is 0 Å². The minimum absolute atomic E-state index is 0.700. The monoisotopic (exact) mass is 281 g/mol. The Kier molecular flexibility index (Phi) is 3.89. The first kappa shape index (κ1) is 12.5. The number of fused-ring (bicyclic) bond motifs is 1. The Morgan fingerprint density at radius 2 is 2.44 bits per heavy atom. The Balaban J connectivity index is 1.50. The zero-order valence-electron chi connectivity index (χ0n) is 10.7. The van der Waals surface area contributed by atoms with Crippen molar-refractivity contribution in [1.82, 2.24) is 10.3 Å². The Labute approximate surface area is 116 Å². The summed E-state index contributed by atoms with van der Waals surface area (Å²) in [6.45, 7) is 2.91. The van der Waals surface area contributed by atoms with E-state index in [1.165, 1.54) is 30.7 Å². The lowest BCUT2D eigenvalue weighted by atomic mass is 10.1. The Morgan fingerprint density at radius 3 is 3.28 bits per heavy atom. The van der Waals surface area contributed by atoms with Gasteiger partial charge >= 0.3 is 0 Å². The van der Waals surface area contributed by atoms with E-state index in [0.717, 1.165) is 29.1 Å². The first-order valence-electron chi connectivity index (χ1n) is 6.66. The number of thiazole rings is 1. The molecule has 1 aliphatic heterocycles. The first-order valence-corrected chi connectivity index (χ1v) is 8.52. The quantitative estimate of drug-likeness (QED) is 0.925. The van der Waals surface area contributed by atoms with Gasteiger partial charge in [0.15, 0.2) is 5.17 Å². The van der Waals surface area contributed by atoms with E-state index in [2.05, 4.69) is 27.6 Å². The van der Waals surface area contributed by atoms with Crippen molar-refractivity contribution in [3.05, 3.63) is 16.1 Å². The number of thioether (sulfide) groups is 1. The lowest BCUT2D eigenvalue weighted by Gasteiger charge is -2.28. The molecule has 3 rings (SSSR count). The minimum atomic E-state index is 0.700. The average molecular weight is 281 g/mol. The molecule has 2 unspecified atom stereocenters. The number of hydrogen-bond acceptors (Lipinski definition) is 4. The third-order valence-electron chi connectivity index (χ3n) is 3.69. The molecule has 0 radical (unpaired) electrons. The normalized spacial score (nSPS) is 29.3. The van der Waals surface area contributed by atoms with Gasteiger partial charge in [-0.2, -0.15) is 0 Å². The van der Waals surface area contributed by atoms with Crippen molar-refractivity contribution >= 4 is 28.3 Å². The van der Waals surface area contributed by atoms with Crippen LogP contribution in [0.25, 0.3) is 0 Å². The van der Waals surface area contributed by atoms with Crippen LogP contribution in [-0.2, 0) is 6.42 Å². The fourth-order valence-electron chi connectivity index (χ4n) is 2.70. The van der Waals surface area contributed by atoms with Gasteiger partial charge in [-0.25, -0.2) is 4.98 Å². The smallest absolute Gasteiger partial charge is 0.156 e. The molecule has 1 aliphatic carbocycles. The van der Waals surface area contributed by atoms with Gasteiger partial charge < -0.3 is 5.32 Å². The van der Waals surface area contributed by atoms with Gasteiger partial charge in [-0.1, -0.05) is 18.2 Å². The Morgan fingerprint density at radius 1 is 1.50 bits per heavy atom. The van der Waals surface area contributed by atoms with Crippen LogP contribution in [-0.4, -0.2) is 28.5 Å². The van der Waals surface area contributed by atoms with E-state index in [1.807, 2.05) is 11.8 Å². The van der Waals surface area contributed by atoms with Gasteiger partial charge in [-0.3, -0.25) is 4.99 Å². The lowest BCUT2D eigenvalue weighted by Crippen LogP contribution is -2.41. The maximum absolute atomic E-state index is 4.68. The maximum atomic E-state index is 4.68. The summed E-state index contributed by atoms with van der Waals surface area (Å²) in [6, 6.07) is 0.700. The molecule has 2 heterocycles. The van der Waals surface area contributed by atoms with Crippen LogP contribution in [0.3, 0.4) is 0 Å². The molecule has 1 N–H and O–H groups in total. The Bertz CT molecular complexity index is 441. The molecule has 0 amide bonds. The number of nitrogens with zero attached hydrogens (tertiary/aromatic N) is 2. The van der Waals surface area contributed by atoms with E-state index >= 15 is 0 Å². The Hall–Kier alpha value is -0.550. The molecule has 2 aliphatic rings. The topological polar surface area (TPSA) is 37.3 Å². The van der Waals surface area contributed by atoms with E-state index in [4.69, 9.17) is 0 Å². The average Bonchev–Trinajstić information content (AvgIpc) is 2.97. The summed E-state index contributed by atoms with van der Waals surface area (Å²) < 4.78 is 0. The highest BCUT2D eigenvalue weighted by atomic mass is 32.2. The van der Waals surface area contributed by atoms with E-state index in [9.17, 15) is 0 Å². The largest absolute Gasteiger partial charge is 0.362 e. The third kappa shape index (κ3) is 2.88. The SMILES string of the molecule is Cc1nc(CCN=C2NC3CCCC3CS2)cs1. The van der Waals surface area contributed by atoms with E-state index in [0.29, 0.717) is 6.04 Å². The molecule has 2 atom stereocenters. The second-order valence-electron chi connectivity index (χ2n) is 5.05. The number of amidine groups is 1. The second-order valence-corrected chi connectivity index (χ2v) is 7.12. The van der Waals surface area contributed by atoms with Crippen molar-refractivity contribution in [2.24, 2.45) is 10.9 Å². The molecule has 1 saturated carbocycles. The van der Waals surface area contributed by atoms with Gasteiger partial charge in [0.2, 0.25) is 0 Å². The van der Waals surface area contributed by atoms with Crippen LogP contribution in [0.1, 0.15) is 30.0 Å². The summed E-state index contributed by atoms with van der Waals surface area (Å²) in [7, 11) is 0. The number of aromatic nitrogens is 1. The number of rotatable bonds is 3. The van der Waals surface area contributed by atoms with E-state index in [-0.39, 0.29) is 0 Å². The zero-order chi connectivity index (χ0) is 12.4. The standard InChI is InChI=1S/C13H19N3S2/c1-9-15-11(8-17-9)5-6-14-13-16-12-4-2-3-10(12)7-18-13/h8,10,12H,2-7H2,1H3,(H,14,16). The van der Waals surface area contributed by atoms with Gasteiger partial charge in [-0.05, 0) is 25.7 Å². The van der Waals surface area contributed by atoms with Crippen LogP contribution < -0.4 is 5.32 Å². The zero-order valence-corrected chi connectivity index (χ0v) is 12.3. The number of nitrogens with one attached hydrogen (secondary N) is 1. The molecule has 1 aromatic heterocycles. The van der Waals surface area contributed by atoms with Gasteiger partial charge in [0.25, 0.3) is 0 Å². The maximum Gasteiger partial charge on any atom is 0.156 e. The van der Waals surface area contributed by atoms with Crippen LogP contribution in [0.4, 0.5) is 0 Å². The summed E-state index contributed by atoms with van der Waals surface area (Å²) in [5, 5.41) is 8.05. The van der Waals surface area contributed by atoms with Crippen molar-refractivity contribution in [3.63, 3.8) is 0 Å². The van der Waals surface area contributed by atoms with Gasteiger partial charge in [-0.15, -0.1) is 11.3 Å². The highest BCUT2D eigenvalue weighted by Crippen LogP contribution is 2.32. The minimum Gasteiger partial charge on any atom is -0.362 e. The molecule has 2 fully saturated rings. The van der Waals surface area contributed by atoms with Gasteiger partial charge in [0.05, 0.1) is 10.7 Å². The molecular formula is C13H19N3S2. The summed E-state index contributed by atoms with van der Waals surface area (Å²) in [4.78, 5) is 9.15. The fourth-order valence-corrected chi connectivity index (χ4v) is 4.53. The summed E-state index contributed by atoms with van der Waals surface area (Å²) in [5.74, 6) is 2.14. The van der Waals surface area contributed by atoms with E-state index < -0.39 is 0 Å². The van der Waals surface area contributed by atoms with Crippen LogP contribution in [0.15, 0.2) is 10.4 Å². The van der Waals surface area contributed by atoms with Crippen molar-refractivity contribution < 1.29 is 0 Å². The van der Waals surface area contributed by atoms with Crippen molar-refractivity contribution in [1.29, 1.82) is 0 Å². The summed E-state index contributed by atoms with van der Waals surface area (Å²) in [5.41, 5.74) is 1.18. The molecule has 98 valence electrons. The summed E-state index contributed by atoms with van der Waals surface area (Å²) >= 11 is 3.62. The van der Waals surface area contributed by atoms with Crippen LogP contribution in [0.2, 0.25) is 0 Å². The highest BCUT2D eigenvalue weighted by molar-refractivity contribution is 8.13.